The molecule has 4 heterocycles. The number of amides is 1. The third-order valence-electron chi connectivity index (χ3n) is 7.91. The maximum atomic E-state index is 15.9. The summed E-state index contributed by atoms with van der Waals surface area (Å²) in [6.07, 6.45) is 1.03. The van der Waals surface area contributed by atoms with Crippen molar-refractivity contribution in [1.29, 1.82) is 0 Å². The lowest BCUT2D eigenvalue weighted by molar-refractivity contribution is -0.153. The molecule has 12 heteroatoms. The van der Waals surface area contributed by atoms with Gasteiger partial charge < -0.3 is 15.3 Å². The van der Waals surface area contributed by atoms with Crippen LogP contribution >= 0.6 is 11.6 Å². The molecule has 212 valence electrons. The van der Waals surface area contributed by atoms with Gasteiger partial charge in [-0.3, -0.25) is 19.6 Å². The van der Waals surface area contributed by atoms with Gasteiger partial charge in [-0.15, -0.1) is 0 Å². The van der Waals surface area contributed by atoms with Gasteiger partial charge in [0.05, 0.1) is 21.7 Å². The van der Waals surface area contributed by atoms with Crippen LogP contribution in [0, 0.1) is 24.0 Å². The fourth-order valence-corrected chi connectivity index (χ4v) is 5.67. The molecule has 2 atom stereocenters. The highest BCUT2D eigenvalue weighted by molar-refractivity contribution is 6.30. The lowest BCUT2D eigenvalue weighted by Crippen LogP contribution is -2.50. The van der Waals surface area contributed by atoms with Crippen LogP contribution in [-0.2, 0) is 17.8 Å². The third kappa shape index (κ3) is 5.53. The monoisotopic (exact) mass is 572 g/mol. The van der Waals surface area contributed by atoms with E-state index in [1.54, 1.807) is 23.1 Å². The zero-order valence-electron chi connectivity index (χ0n) is 22.3. The number of aryl methyl sites for hydroxylation is 1. The Balaban J connectivity index is 1.43. The van der Waals surface area contributed by atoms with Crippen molar-refractivity contribution in [3.63, 3.8) is 0 Å². The van der Waals surface area contributed by atoms with Gasteiger partial charge in [-0.1, -0.05) is 23.7 Å². The Labute approximate surface area is 235 Å². The predicted molar refractivity (Wildman–Crippen MR) is 146 cm³/mol. The summed E-state index contributed by atoms with van der Waals surface area (Å²) in [7, 11) is 0. The smallest absolute Gasteiger partial charge is 0.310 e. The number of H-pyrrole nitrogens is 1. The van der Waals surface area contributed by atoms with E-state index in [-0.39, 0.29) is 53.9 Å². The van der Waals surface area contributed by atoms with E-state index in [1.165, 1.54) is 12.1 Å². The number of pyridine rings is 1. The summed E-state index contributed by atoms with van der Waals surface area (Å²) in [5.74, 6) is -2.18. The normalized spacial score (nSPS) is 21.2. The van der Waals surface area contributed by atoms with E-state index >= 15 is 4.39 Å². The average Bonchev–Trinajstić information content (AvgIpc) is 3.28. The van der Waals surface area contributed by atoms with Gasteiger partial charge in [0.2, 0.25) is 0 Å². The summed E-state index contributed by atoms with van der Waals surface area (Å²) >= 11 is 5.94. The van der Waals surface area contributed by atoms with Gasteiger partial charge >= 0.3 is 5.97 Å². The Morgan fingerprint density at radius 2 is 1.98 bits per heavy atom. The standard InChI is InChI=1S/C28H31ClF2N6O3/c1-16-11-23(35-34-16)33-22-12-19(26(38)36-8-4-9-36)25(31)21(32-22)14-28(27(39)40)7-10-37(17(2)13-28)15-18-5-3-6-20(29)24(18)30/h3,5-6,11-12,17H,4,7-10,13-15H2,1-2H3,(H,39,40)(H2,32,33,34,35)/t17-,28-/m1/s1. The topological polar surface area (TPSA) is 114 Å². The number of carboxylic acid groups (broad SMARTS) is 1. The minimum absolute atomic E-state index is 0.0330. The third-order valence-corrected chi connectivity index (χ3v) is 8.21. The van der Waals surface area contributed by atoms with Crippen LogP contribution in [0.25, 0.3) is 0 Å². The highest BCUT2D eigenvalue weighted by atomic mass is 35.5. The quantitative estimate of drug-likeness (QED) is 0.350. The van der Waals surface area contributed by atoms with Crippen molar-refractivity contribution in [3.8, 4) is 0 Å². The van der Waals surface area contributed by atoms with Crippen LogP contribution in [0.3, 0.4) is 0 Å². The number of rotatable bonds is 8. The second kappa shape index (κ2) is 11.1. The first kappa shape index (κ1) is 28.0. The van der Waals surface area contributed by atoms with E-state index < -0.39 is 28.9 Å². The summed E-state index contributed by atoms with van der Waals surface area (Å²) < 4.78 is 30.4. The van der Waals surface area contributed by atoms with Gasteiger partial charge in [0.25, 0.3) is 5.91 Å². The number of aromatic amines is 1. The molecular formula is C28H31ClF2N6O3. The summed E-state index contributed by atoms with van der Waals surface area (Å²) in [5, 5.41) is 20.3. The van der Waals surface area contributed by atoms with Crippen LogP contribution in [0.2, 0.25) is 5.02 Å². The average molecular weight is 573 g/mol. The zero-order chi connectivity index (χ0) is 28.6. The van der Waals surface area contributed by atoms with Gasteiger partial charge in [0, 0.05) is 49.4 Å². The molecule has 2 aromatic heterocycles. The van der Waals surface area contributed by atoms with Crippen LogP contribution in [0.15, 0.2) is 30.3 Å². The van der Waals surface area contributed by atoms with Crippen molar-refractivity contribution in [2.24, 2.45) is 5.41 Å². The summed E-state index contributed by atoms with van der Waals surface area (Å²) in [4.78, 5) is 33.8. The number of aliphatic carboxylic acids is 1. The number of carbonyl (C=O) groups excluding carboxylic acids is 1. The molecule has 3 aromatic rings. The van der Waals surface area contributed by atoms with Gasteiger partial charge in [-0.2, -0.15) is 5.10 Å². The van der Waals surface area contributed by atoms with E-state index in [0.717, 1.165) is 12.1 Å². The Kier molecular flexibility index (Phi) is 7.78. The van der Waals surface area contributed by atoms with Gasteiger partial charge in [0.15, 0.2) is 11.6 Å². The molecular weight excluding hydrogens is 542 g/mol. The summed E-state index contributed by atoms with van der Waals surface area (Å²) in [6.45, 7) is 5.40. The van der Waals surface area contributed by atoms with Crippen molar-refractivity contribution >= 4 is 35.1 Å². The largest absolute Gasteiger partial charge is 0.481 e. The van der Waals surface area contributed by atoms with E-state index in [1.807, 2.05) is 18.7 Å². The molecule has 0 bridgehead atoms. The number of carbonyl (C=O) groups is 2. The molecule has 2 saturated heterocycles. The lowest BCUT2D eigenvalue weighted by atomic mass is 9.72. The first-order valence-corrected chi connectivity index (χ1v) is 13.6. The second-order valence-corrected chi connectivity index (χ2v) is 11.2. The van der Waals surface area contributed by atoms with Crippen molar-refractivity contribution < 1.29 is 23.5 Å². The fraction of sp³-hybridized carbons (Fsp3) is 0.429. The molecule has 0 unspecified atom stereocenters. The van der Waals surface area contributed by atoms with Gasteiger partial charge in [-0.05, 0) is 51.8 Å². The fourth-order valence-electron chi connectivity index (χ4n) is 5.47. The Morgan fingerprint density at radius 1 is 1.20 bits per heavy atom. The molecule has 3 N–H and O–H groups in total. The number of carboxylic acids is 1. The molecule has 40 heavy (non-hydrogen) atoms. The number of anilines is 2. The van der Waals surface area contributed by atoms with Crippen LogP contribution in [0.4, 0.5) is 20.4 Å². The number of benzene rings is 1. The maximum absolute atomic E-state index is 15.9. The lowest BCUT2D eigenvalue weighted by Gasteiger charge is -2.43. The minimum atomic E-state index is -1.32. The second-order valence-electron chi connectivity index (χ2n) is 10.8. The molecule has 0 saturated carbocycles. The molecule has 0 aliphatic carbocycles. The molecule has 9 nitrogen and oxygen atoms in total. The first-order chi connectivity index (χ1) is 19.1. The van der Waals surface area contributed by atoms with E-state index in [2.05, 4.69) is 20.5 Å². The molecule has 2 fully saturated rings. The Bertz CT molecular complexity index is 1450. The number of hydrogen-bond acceptors (Lipinski definition) is 6. The molecule has 1 amide bonds. The van der Waals surface area contributed by atoms with Crippen molar-refractivity contribution in [2.45, 2.75) is 52.1 Å². The van der Waals surface area contributed by atoms with E-state index in [9.17, 15) is 19.1 Å². The summed E-state index contributed by atoms with van der Waals surface area (Å²) in [6, 6.07) is 7.65. The number of halogens is 3. The maximum Gasteiger partial charge on any atom is 0.310 e. The number of aromatic nitrogens is 3. The number of nitrogens with zero attached hydrogens (tertiary/aromatic N) is 4. The van der Waals surface area contributed by atoms with Crippen LogP contribution in [-0.4, -0.2) is 67.6 Å². The highest BCUT2D eigenvalue weighted by Crippen LogP contribution is 2.40. The Morgan fingerprint density at radius 3 is 2.60 bits per heavy atom. The molecule has 0 spiro atoms. The molecule has 5 rings (SSSR count). The van der Waals surface area contributed by atoms with E-state index in [4.69, 9.17) is 11.6 Å². The number of piperidine rings is 1. The minimum Gasteiger partial charge on any atom is -0.481 e. The van der Waals surface area contributed by atoms with Gasteiger partial charge in [-0.25, -0.2) is 13.8 Å². The van der Waals surface area contributed by atoms with Crippen LogP contribution < -0.4 is 5.32 Å². The highest BCUT2D eigenvalue weighted by Gasteiger charge is 2.45. The van der Waals surface area contributed by atoms with Crippen molar-refractivity contribution in [2.75, 3.05) is 25.0 Å². The van der Waals surface area contributed by atoms with Gasteiger partial charge in [0.1, 0.15) is 11.6 Å². The van der Waals surface area contributed by atoms with Crippen molar-refractivity contribution in [3.05, 3.63) is 69.5 Å². The summed E-state index contributed by atoms with van der Waals surface area (Å²) in [5.41, 5.74) is -0.344. The van der Waals surface area contributed by atoms with Crippen LogP contribution in [0.5, 0.6) is 0 Å². The number of likely N-dealkylation sites (tertiary alicyclic amines) is 2. The molecule has 1 aromatic carbocycles. The molecule has 0 radical (unpaired) electrons. The number of hydrogen-bond donors (Lipinski definition) is 3. The Hall–Kier alpha value is -3.57. The predicted octanol–water partition coefficient (Wildman–Crippen LogP) is 4.93. The number of nitrogens with one attached hydrogen (secondary N) is 2. The van der Waals surface area contributed by atoms with Crippen LogP contribution in [0.1, 0.15) is 53.5 Å². The zero-order valence-corrected chi connectivity index (χ0v) is 23.1. The molecule has 2 aliphatic rings. The van der Waals surface area contributed by atoms with Crippen molar-refractivity contribution in [1.82, 2.24) is 25.0 Å². The molecule has 2 aliphatic heterocycles. The van der Waals surface area contributed by atoms with E-state index in [0.29, 0.717) is 31.0 Å². The first-order valence-electron chi connectivity index (χ1n) is 13.2. The SMILES string of the molecule is Cc1cc(Nc2cc(C(=O)N3CCC3)c(F)c(C[C@@]3(C(=O)O)CCN(Cc4cccc(Cl)c4F)[C@H](C)C3)n2)n[nH]1.